The van der Waals surface area contributed by atoms with E-state index in [0.717, 1.165) is 48.0 Å². The maximum absolute atomic E-state index is 13.3. The summed E-state index contributed by atoms with van der Waals surface area (Å²) in [5.41, 5.74) is 2.03. The number of nitrogens with zero attached hydrogens (tertiary/aromatic N) is 4. The van der Waals surface area contributed by atoms with Gasteiger partial charge >= 0.3 is 0 Å². The Morgan fingerprint density at radius 2 is 1.89 bits per heavy atom. The van der Waals surface area contributed by atoms with E-state index in [1.54, 1.807) is 0 Å². The Kier molecular flexibility index (Phi) is 5.09. The Morgan fingerprint density at radius 3 is 2.56 bits per heavy atom. The highest BCUT2D eigenvalue weighted by Gasteiger charge is 2.31. The van der Waals surface area contributed by atoms with Gasteiger partial charge in [-0.25, -0.2) is 4.68 Å². The van der Waals surface area contributed by atoms with Crippen molar-refractivity contribution in [1.82, 2.24) is 14.7 Å². The highest BCUT2D eigenvalue weighted by molar-refractivity contribution is 7.12. The van der Waals surface area contributed by atoms with Crippen LogP contribution in [0.15, 0.2) is 53.9 Å². The largest absolute Gasteiger partial charge is 0.306 e. The molecule has 3 heterocycles. The van der Waals surface area contributed by atoms with Crippen LogP contribution in [0.4, 0.5) is 5.82 Å². The van der Waals surface area contributed by atoms with E-state index in [4.69, 9.17) is 5.10 Å². The lowest BCUT2D eigenvalue weighted by Crippen LogP contribution is -2.47. The highest BCUT2D eigenvalue weighted by Crippen LogP contribution is 2.27. The lowest BCUT2D eigenvalue weighted by atomic mass is 10.0. The summed E-state index contributed by atoms with van der Waals surface area (Å²) in [6, 6.07) is 16.1. The molecule has 1 aliphatic rings. The molecule has 0 N–H and O–H groups in total. The monoisotopic (exact) mass is 380 g/mol. The number of amides is 1. The smallest absolute Gasteiger partial charge is 0.269 e. The van der Waals surface area contributed by atoms with Gasteiger partial charge in [0.2, 0.25) is 0 Å². The molecule has 140 valence electrons. The summed E-state index contributed by atoms with van der Waals surface area (Å²) in [5, 5.41) is 6.77. The Labute approximate surface area is 163 Å². The van der Waals surface area contributed by atoms with Gasteiger partial charge in [0.15, 0.2) is 5.82 Å². The minimum atomic E-state index is 0.0530. The molecular weight excluding hydrogens is 356 g/mol. The van der Waals surface area contributed by atoms with E-state index in [1.807, 2.05) is 70.4 Å². The van der Waals surface area contributed by atoms with Crippen molar-refractivity contribution in [2.45, 2.75) is 25.8 Å². The molecule has 0 bridgehead atoms. The highest BCUT2D eigenvalue weighted by atomic mass is 32.1. The van der Waals surface area contributed by atoms with E-state index in [-0.39, 0.29) is 11.9 Å². The number of hydrogen-bond donors (Lipinski definition) is 0. The van der Waals surface area contributed by atoms with Crippen molar-refractivity contribution in [3.63, 3.8) is 0 Å². The molecule has 1 aliphatic heterocycles. The van der Waals surface area contributed by atoms with E-state index < -0.39 is 0 Å². The van der Waals surface area contributed by atoms with Gasteiger partial charge in [-0.15, -0.1) is 16.4 Å². The molecule has 1 aromatic carbocycles. The standard InChI is InChI=1S/C21H24N4OS/c1-16-15-20(22-25(16)18-7-4-3-5-8-18)24(17-10-12-23(2)13-11-17)21(26)19-9-6-14-27-19/h3-9,14-15,17H,10-13H2,1-2H3. The predicted octanol–water partition coefficient (Wildman–Crippen LogP) is 3.98. The van der Waals surface area contributed by atoms with Gasteiger partial charge in [0.1, 0.15) is 0 Å². The summed E-state index contributed by atoms with van der Waals surface area (Å²) >= 11 is 1.49. The topological polar surface area (TPSA) is 41.4 Å². The van der Waals surface area contributed by atoms with E-state index in [0.29, 0.717) is 0 Å². The van der Waals surface area contributed by atoms with Crippen LogP contribution >= 0.6 is 11.3 Å². The third-order valence-electron chi connectivity index (χ3n) is 5.13. The van der Waals surface area contributed by atoms with Crippen molar-refractivity contribution in [2.24, 2.45) is 0 Å². The third kappa shape index (κ3) is 3.68. The Balaban J connectivity index is 1.71. The Hall–Kier alpha value is -2.44. The average Bonchev–Trinajstić information content (AvgIpc) is 3.34. The van der Waals surface area contributed by atoms with Gasteiger partial charge < -0.3 is 4.90 Å². The first-order valence-corrected chi connectivity index (χ1v) is 10.2. The number of aromatic nitrogens is 2. The molecular formula is C21H24N4OS. The minimum Gasteiger partial charge on any atom is -0.306 e. The van der Waals surface area contributed by atoms with Gasteiger partial charge in [-0.1, -0.05) is 24.3 Å². The van der Waals surface area contributed by atoms with Crippen LogP contribution < -0.4 is 4.90 Å². The fourth-order valence-corrected chi connectivity index (χ4v) is 4.30. The van der Waals surface area contributed by atoms with Crippen molar-refractivity contribution in [3.8, 4) is 5.69 Å². The maximum atomic E-state index is 13.3. The zero-order chi connectivity index (χ0) is 18.8. The zero-order valence-electron chi connectivity index (χ0n) is 15.7. The summed E-state index contributed by atoms with van der Waals surface area (Å²) < 4.78 is 1.92. The number of aryl methyl sites for hydroxylation is 1. The molecule has 2 aromatic heterocycles. The van der Waals surface area contributed by atoms with Crippen LogP contribution in [0.2, 0.25) is 0 Å². The average molecular weight is 381 g/mol. The molecule has 3 aromatic rings. The first kappa shape index (κ1) is 17.9. The fourth-order valence-electron chi connectivity index (χ4n) is 3.64. The molecule has 27 heavy (non-hydrogen) atoms. The number of carbonyl (C=O) groups excluding carboxylic acids is 1. The quantitative estimate of drug-likeness (QED) is 0.687. The summed E-state index contributed by atoms with van der Waals surface area (Å²) in [7, 11) is 2.13. The molecule has 0 spiro atoms. The molecule has 1 fully saturated rings. The van der Waals surface area contributed by atoms with Crippen LogP contribution in [0.25, 0.3) is 5.69 Å². The number of rotatable bonds is 4. The summed E-state index contributed by atoms with van der Waals surface area (Å²) in [6.07, 6.45) is 1.93. The van der Waals surface area contributed by atoms with Crippen LogP contribution in [0.5, 0.6) is 0 Å². The number of carbonyl (C=O) groups is 1. The Morgan fingerprint density at radius 1 is 1.15 bits per heavy atom. The van der Waals surface area contributed by atoms with Crippen molar-refractivity contribution in [2.75, 3.05) is 25.0 Å². The summed E-state index contributed by atoms with van der Waals surface area (Å²) in [5.74, 6) is 0.793. The number of benzene rings is 1. The second kappa shape index (κ2) is 7.66. The number of hydrogen-bond acceptors (Lipinski definition) is 4. The van der Waals surface area contributed by atoms with E-state index in [9.17, 15) is 4.79 Å². The second-order valence-corrected chi connectivity index (χ2v) is 8.03. The molecule has 0 atom stereocenters. The maximum Gasteiger partial charge on any atom is 0.269 e. The number of anilines is 1. The number of likely N-dealkylation sites (tertiary alicyclic amines) is 1. The van der Waals surface area contributed by atoms with Gasteiger partial charge in [-0.3, -0.25) is 9.69 Å². The molecule has 6 heteroatoms. The molecule has 0 unspecified atom stereocenters. The van der Waals surface area contributed by atoms with Crippen LogP contribution in [-0.2, 0) is 0 Å². The van der Waals surface area contributed by atoms with Gasteiger partial charge in [0.25, 0.3) is 5.91 Å². The lowest BCUT2D eigenvalue weighted by Gasteiger charge is -2.36. The first-order chi connectivity index (χ1) is 13.1. The van der Waals surface area contributed by atoms with E-state index in [1.165, 1.54) is 11.3 Å². The lowest BCUT2D eigenvalue weighted by molar-refractivity contribution is 0.0966. The van der Waals surface area contributed by atoms with Gasteiger partial charge in [-0.2, -0.15) is 0 Å². The van der Waals surface area contributed by atoms with Gasteiger partial charge in [0.05, 0.1) is 10.6 Å². The minimum absolute atomic E-state index is 0.0530. The zero-order valence-corrected chi connectivity index (χ0v) is 16.5. The SMILES string of the molecule is Cc1cc(N(C(=O)c2cccs2)C2CCN(C)CC2)nn1-c1ccccc1. The molecule has 0 aliphatic carbocycles. The molecule has 0 saturated carbocycles. The van der Waals surface area contributed by atoms with Crippen LogP contribution in [0, 0.1) is 6.92 Å². The Bertz CT molecular complexity index is 896. The molecule has 1 amide bonds. The number of piperidine rings is 1. The van der Waals surface area contributed by atoms with Crippen molar-refractivity contribution in [3.05, 3.63) is 64.5 Å². The molecule has 5 nitrogen and oxygen atoms in total. The second-order valence-electron chi connectivity index (χ2n) is 7.08. The number of para-hydroxylation sites is 1. The van der Waals surface area contributed by atoms with Crippen molar-refractivity contribution >= 4 is 23.1 Å². The molecule has 4 rings (SSSR count). The normalized spacial score (nSPS) is 15.8. The van der Waals surface area contributed by atoms with Crippen LogP contribution in [0.3, 0.4) is 0 Å². The fraction of sp³-hybridized carbons (Fsp3) is 0.333. The molecule has 0 radical (unpaired) electrons. The van der Waals surface area contributed by atoms with Crippen LogP contribution in [-0.4, -0.2) is 46.8 Å². The summed E-state index contributed by atoms with van der Waals surface area (Å²) in [6.45, 7) is 4.03. The predicted molar refractivity (Wildman–Crippen MR) is 110 cm³/mol. The van der Waals surface area contributed by atoms with E-state index >= 15 is 0 Å². The number of thiophene rings is 1. The van der Waals surface area contributed by atoms with Crippen LogP contribution in [0.1, 0.15) is 28.2 Å². The van der Waals surface area contributed by atoms with Crippen molar-refractivity contribution < 1.29 is 4.79 Å². The van der Waals surface area contributed by atoms with Crippen molar-refractivity contribution in [1.29, 1.82) is 0 Å². The summed E-state index contributed by atoms with van der Waals surface area (Å²) in [4.78, 5) is 18.3. The van der Waals surface area contributed by atoms with E-state index in [2.05, 4.69) is 11.9 Å². The van der Waals surface area contributed by atoms with Gasteiger partial charge in [-0.05, 0) is 63.5 Å². The third-order valence-corrected chi connectivity index (χ3v) is 5.98. The molecule has 1 saturated heterocycles. The first-order valence-electron chi connectivity index (χ1n) is 9.31. The van der Waals surface area contributed by atoms with Gasteiger partial charge in [0, 0.05) is 17.8 Å².